The Morgan fingerprint density at radius 1 is 1.55 bits per heavy atom. The van der Waals surface area contributed by atoms with Crippen molar-refractivity contribution < 1.29 is 0 Å². The van der Waals surface area contributed by atoms with Crippen molar-refractivity contribution in [1.29, 1.82) is 0 Å². The number of rotatable bonds is 1. The molecule has 0 atom stereocenters. The van der Waals surface area contributed by atoms with E-state index in [2.05, 4.69) is 10.2 Å². The molecule has 0 unspecified atom stereocenters. The molecule has 11 heavy (non-hydrogen) atoms. The number of thiocarbonyl (C=S) groups is 1. The predicted molar refractivity (Wildman–Crippen MR) is 46.5 cm³/mol. The lowest BCUT2D eigenvalue weighted by Gasteiger charge is -1.92. The summed E-state index contributed by atoms with van der Waals surface area (Å²) in [6.45, 7) is 0. The molecule has 0 bridgehead atoms. The maximum atomic E-state index is 5.48. The average molecular weight is 167 g/mol. The molecule has 1 aliphatic rings. The minimum atomic E-state index is 0.407. The molecule has 2 rings (SSSR count). The number of hydrogen-bond donors (Lipinski definition) is 2. The van der Waals surface area contributed by atoms with Crippen molar-refractivity contribution >= 4 is 17.2 Å². The molecular formula is C7H9N3S. The van der Waals surface area contributed by atoms with Crippen LogP contribution in [0.25, 0.3) is 0 Å². The predicted octanol–water partition coefficient (Wildman–Crippen LogP) is 0.533. The van der Waals surface area contributed by atoms with Gasteiger partial charge in [0, 0.05) is 11.3 Å². The van der Waals surface area contributed by atoms with Crippen LogP contribution in [-0.2, 0) is 12.8 Å². The highest BCUT2D eigenvalue weighted by Crippen LogP contribution is 2.22. The van der Waals surface area contributed by atoms with E-state index in [0.29, 0.717) is 4.99 Å². The van der Waals surface area contributed by atoms with Gasteiger partial charge < -0.3 is 5.73 Å². The zero-order valence-corrected chi connectivity index (χ0v) is 6.87. The van der Waals surface area contributed by atoms with Gasteiger partial charge >= 0.3 is 0 Å². The molecule has 1 heterocycles. The van der Waals surface area contributed by atoms with Gasteiger partial charge in [0.2, 0.25) is 0 Å². The Bertz CT molecular complexity index is 303. The van der Waals surface area contributed by atoms with Crippen molar-refractivity contribution in [3.63, 3.8) is 0 Å². The molecule has 1 aliphatic carbocycles. The maximum absolute atomic E-state index is 5.48. The highest BCUT2D eigenvalue weighted by molar-refractivity contribution is 7.80. The van der Waals surface area contributed by atoms with E-state index in [0.717, 1.165) is 18.5 Å². The fourth-order valence-electron chi connectivity index (χ4n) is 1.52. The summed E-state index contributed by atoms with van der Waals surface area (Å²) in [5.74, 6) is 0. The topological polar surface area (TPSA) is 54.7 Å². The first-order valence-corrected chi connectivity index (χ1v) is 4.06. The van der Waals surface area contributed by atoms with E-state index in [4.69, 9.17) is 18.0 Å². The van der Waals surface area contributed by atoms with Gasteiger partial charge in [0.1, 0.15) is 10.7 Å². The Hall–Kier alpha value is -0.900. The number of fused-ring (bicyclic) bond motifs is 1. The summed E-state index contributed by atoms with van der Waals surface area (Å²) < 4.78 is 0. The molecule has 0 fully saturated rings. The average Bonchev–Trinajstić information content (AvgIpc) is 2.41. The lowest BCUT2D eigenvalue weighted by Crippen LogP contribution is -2.11. The second kappa shape index (κ2) is 2.30. The van der Waals surface area contributed by atoms with E-state index in [1.807, 2.05) is 0 Å². The number of nitrogens with two attached hydrogens (primary N) is 1. The van der Waals surface area contributed by atoms with Gasteiger partial charge in [-0.2, -0.15) is 5.10 Å². The van der Waals surface area contributed by atoms with Gasteiger partial charge in [-0.05, 0) is 19.3 Å². The Morgan fingerprint density at radius 2 is 2.36 bits per heavy atom. The molecule has 0 amide bonds. The Labute approximate surface area is 70.0 Å². The summed E-state index contributed by atoms with van der Waals surface area (Å²) in [6.07, 6.45) is 3.35. The number of aryl methyl sites for hydroxylation is 1. The third-order valence-electron chi connectivity index (χ3n) is 2.04. The zero-order chi connectivity index (χ0) is 7.84. The molecule has 1 aromatic rings. The summed E-state index contributed by atoms with van der Waals surface area (Å²) in [5, 5.41) is 7.00. The number of H-pyrrole nitrogens is 1. The molecule has 4 heteroatoms. The van der Waals surface area contributed by atoms with E-state index in [1.54, 1.807) is 0 Å². The first kappa shape index (κ1) is 6.79. The van der Waals surface area contributed by atoms with Gasteiger partial charge in [0.25, 0.3) is 0 Å². The van der Waals surface area contributed by atoms with E-state index in [-0.39, 0.29) is 0 Å². The van der Waals surface area contributed by atoms with E-state index < -0.39 is 0 Å². The Balaban J connectivity index is 2.50. The van der Waals surface area contributed by atoms with Crippen LogP contribution in [0, 0.1) is 0 Å². The molecule has 0 radical (unpaired) electrons. The SMILES string of the molecule is NC(=S)c1n[nH]c2c1CCC2. The fourth-order valence-corrected chi connectivity index (χ4v) is 1.69. The number of nitrogens with zero attached hydrogens (tertiary/aromatic N) is 1. The molecule has 0 saturated heterocycles. The third kappa shape index (κ3) is 0.939. The fraction of sp³-hybridized carbons (Fsp3) is 0.429. The van der Waals surface area contributed by atoms with Crippen molar-refractivity contribution in [2.45, 2.75) is 19.3 Å². The van der Waals surface area contributed by atoms with Crippen LogP contribution in [0.3, 0.4) is 0 Å². The summed E-state index contributed by atoms with van der Waals surface area (Å²) >= 11 is 4.85. The van der Waals surface area contributed by atoms with Crippen LogP contribution in [0.5, 0.6) is 0 Å². The van der Waals surface area contributed by atoms with Crippen molar-refractivity contribution in [3.8, 4) is 0 Å². The maximum Gasteiger partial charge on any atom is 0.124 e. The number of aromatic nitrogens is 2. The van der Waals surface area contributed by atoms with Crippen LogP contribution in [0.15, 0.2) is 0 Å². The van der Waals surface area contributed by atoms with Crippen molar-refractivity contribution in [1.82, 2.24) is 10.2 Å². The van der Waals surface area contributed by atoms with Crippen LogP contribution in [0.1, 0.15) is 23.4 Å². The van der Waals surface area contributed by atoms with Gasteiger partial charge in [-0.1, -0.05) is 12.2 Å². The highest BCUT2D eigenvalue weighted by Gasteiger charge is 2.19. The zero-order valence-electron chi connectivity index (χ0n) is 6.05. The summed E-state index contributed by atoms with van der Waals surface area (Å²) in [5.41, 5.74) is 8.73. The standard InChI is InChI=1S/C7H9N3S/c8-7(11)6-4-2-1-3-5(4)9-10-6/h1-3H2,(H2,8,11)(H,9,10). The lowest BCUT2D eigenvalue weighted by molar-refractivity contribution is 0.862. The van der Waals surface area contributed by atoms with Crippen molar-refractivity contribution in [2.75, 3.05) is 0 Å². The quantitative estimate of drug-likeness (QED) is 0.600. The number of aromatic amines is 1. The van der Waals surface area contributed by atoms with Gasteiger partial charge in [-0.3, -0.25) is 5.10 Å². The van der Waals surface area contributed by atoms with E-state index in [9.17, 15) is 0 Å². The first-order chi connectivity index (χ1) is 5.29. The van der Waals surface area contributed by atoms with Crippen LogP contribution in [0.4, 0.5) is 0 Å². The molecule has 58 valence electrons. The molecule has 3 N–H and O–H groups in total. The van der Waals surface area contributed by atoms with Gasteiger partial charge in [0.15, 0.2) is 0 Å². The second-order valence-corrected chi connectivity index (χ2v) is 3.19. The minimum Gasteiger partial charge on any atom is -0.388 e. The molecule has 3 nitrogen and oxygen atoms in total. The summed E-state index contributed by atoms with van der Waals surface area (Å²) in [6, 6.07) is 0. The smallest absolute Gasteiger partial charge is 0.124 e. The van der Waals surface area contributed by atoms with Gasteiger partial charge in [-0.25, -0.2) is 0 Å². The minimum absolute atomic E-state index is 0.407. The van der Waals surface area contributed by atoms with Crippen LogP contribution < -0.4 is 5.73 Å². The lowest BCUT2D eigenvalue weighted by atomic mass is 10.2. The molecule has 0 aliphatic heterocycles. The normalized spacial score (nSPS) is 14.9. The molecular weight excluding hydrogens is 158 g/mol. The Kier molecular flexibility index (Phi) is 1.42. The van der Waals surface area contributed by atoms with Crippen LogP contribution in [0.2, 0.25) is 0 Å². The molecule has 0 spiro atoms. The second-order valence-electron chi connectivity index (χ2n) is 2.75. The van der Waals surface area contributed by atoms with Crippen LogP contribution >= 0.6 is 12.2 Å². The summed E-state index contributed by atoms with van der Waals surface area (Å²) in [7, 11) is 0. The van der Waals surface area contributed by atoms with Crippen molar-refractivity contribution in [3.05, 3.63) is 17.0 Å². The van der Waals surface area contributed by atoms with Gasteiger partial charge in [0.05, 0.1) is 0 Å². The van der Waals surface area contributed by atoms with Crippen LogP contribution in [-0.4, -0.2) is 15.2 Å². The van der Waals surface area contributed by atoms with Crippen molar-refractivity contribution in [2.24, 2.45) is 5.73 Å². The molecule has 0 saturated carbocycles. The first-order valence-electron chi connectivity index (χ1n) is 3.65. The van der Waals surface area contributed by atoms with E-state index >= 15 is 0 Å². The molecule has 0 aromatic carbocycles. The number of hydrogen-bond acceptors (Lipinski definition) is 2. The third-order valence-corrected chi connectivity index (χ3v) is 2.23. The van der Waals surface area contributed by atoms with E-state index in [1.165, 1.54) is 17.7 Å². The number of nitrogens with one attached hydrogen (secondary N) is 1. The largest absolute Gasteiger partial charge is 0.388 e. The highest BCUT2D eigenvalue weighted by atomic mass is 32.1. The molecule has 1 aromatic heterocycles. The Morgan fingerprint density at radius 3 is 3.09 bits per heavy atom. The van der Waals surface area contributed by atoms with Gasteiger partial charge in [-0.15, -0.1) is 0 Å². The summed E-state index contributed by atoms with van der Waals surface area (Å²) in [4.78, 5) is 0.407. The monoisotopic (exact) mass is 167 g/mol.